The Kier molecular flexibility index (Phi) is 5.07. The van der Waals surface area contributed by atoms with Crippen molar-refractivity contribution in [3.05, 3.63) is 99.0 Å². The summed E-state index contributed by atoms with van der Waals surface area (Å²) in [6, 6.07) is 16.4. The van der Waals surface area contributed by atoms with E-state index in [1.54, 1.807) is 48.5 Å². The third kappa shape index (κ3) is 3.75. The Balaban J connectivity index is 1.52. The smallest absolute Gasteiger partial charge is 0.231 e. The monoisotopic (exact) mass is 414 g/mol. The number of Topliss-reactive ketones (excluding diaryl/α,β-unsaturated/α-hetero) is 1. The van der Waals surface area contributed by atoms with Gasteiger partial charge in [-0.3, -0.25) is 4.79 Å². The molecule has 1 heterocycles. The summed E-state index contributed by atoms with van der Waals surface area (Å²) in [6.07, 6.45) is 1.40. The quantitative estimate of drug-likeness (QED) is 0.468. The molecular weight excluding hydrogens is 402 g/mol. The molecule has 28 heavy (non-hydrogen) atoms. The molecular formula is C22H13Cl2FO3. The van der Waals surface area contributed by atoms with Crippen LogP contribution in [0.2, 0.25) is 10.0 Å². The average molecular weight is 415 g/mol. The van der Waals surface area contributed by atoms with E-state index in [9.17, 15) is 9.18 Å². The first-order valence-electron chi connectivity index (χ1n) is 8.41. The van der Waals surface area contributed by atoms with Gasteiger partial charge < -0.3 is 9.47 Å². The number of rotatable bonds is 4. The molecule has 0 unspecified atom stereocenters. The molecule has 6 heteroatoms. The van der Waals surface area contributed by atoms with Crippen LogP contribution in [-0.4, -0.2) is 5.78 Å². The lowest BCUT2D eigenvalue weighted by Crippen LogP contribution is -1.98. The van der Waals surface area contributed by atoms with Crippen LogP contribution in [0, 0.1) is 5.82 Å². The van der Waals surface area contributed by atoms with Crippen LogP contribution < -0.4 is 9.47 Å². The Labute approximate surface area is 170 Å². The number of carbonyl (C=O) groups is 1. The second kappa shape index (κ2) is 7.66. The maximum Gasteiger partial charge on any atom is 0.231 e. The lowest BCUT2D eigenvalue weighted by atomic mass is 10.1. The molecule has 0 aromatic heterocycles. The number of carbonyl (C=O) groups excluding carboxylic acids is 1. The number of hydrogen-bond acceptors (Lipinski definition) is 3. The van der Waals surface area contributed by atoms with Crippen LogP contribution in [0.5, 0.6) is 11.5 Å². The third-order valence-corrected chi connectivity index (χ3v) is 4.96. The number of fused-ring (bicyclic) bond motifs is 1. The summed E-state index contributed by atoms with van der Waals surface area (Å²) in [6.45, 7) is 0.279. The molecule has 1 aliphatic rings. The molecule has 1 aliphatic heterocycles. The molecule has 0 saturated heterocycles. The van der Waals surface area contributed by atoms with Crippen LogP contribution in [0.3, 0.4) is 0 Å². The van der Waals surface area contributed by atoms with Gasteiger partial charge in [0.15, 0.2) is 5.76 Å². The van der Waals surface area contributed by atoms with Gasteiger partial charge in [0.05, 0.1) is 15.6 Å². The fraction of sp³-hybridized carbons (Fsp3) is 0.0455. The maximum atomic E-state index is 13.8. The van der Waals surface area contributed by atoms with Crippen LogP contribution in [0.15, 0.2) is 66.4 Å². The molecule has 0 bridgehead atoms. The van der Waals surface area contributed by atoms with E-state index in [1.165, 1.54) is 12.1 Å². The summed E-state index contributed by atoms with van der Waals surface area (Å²) in [4.78, 5) is 12.5. The molecule has 140 valence electrons. The van der Waals surface area contributed by atoms with Crippen molar-refractivity contribution >= 4 is 35.1 Å². The average Bonchev–Trinajstić information content (AvgIpc) is 2.99. The van der Waals surface area contributed by atoms with Crippen molar-refractivity contribution < 1.29 is 18.7 Å². The molecule has 3 aromatic rings. The van der Waals surface area contributed by atoms with Gasteiger partial charge in [-0.25, -0.2) is 4.39 Å². The zero-order valence-corrected chi connectivity index (χ0v) is 15.9. The second-order valence-electron chi connectivity index (χ2n) is 6.16. The van der Waals surface area contributed by atoms with Gasteiger partial charge >= 0.3 is 0 Å². The van der Waals surface area contributed by atoms with Crippen molar-refractivity contribution in [3.8, 4) is 11.5 Å². The van der Waals surface area contributed by atoms with E-state index in [2.05, 4.69) is 0 Å². The molecule has 4 rings (SSSR count). The van der Waals surface area contributed by atoms with Crippen LogP contribution >= 0.6 is 23.2 Å². The summed E-state index contributed by atoms with van der Waals surface area (Å²) < 4.78 is 25.2. The van der Waals surface area contributed by atoms with Crippen molar-refractivity contribution in [2.75, 3.05) is 0 Å². The molecule has 0 aliphatic carbocycles. The Morgan fingerprint density at radius 2 is 1.82 bits per heavy atom. The standard InChI is InChI=1S/C22H13Cl2FO3/c23-17-8-5-13(9-18(17)24)12-27-15-6-7-16-20(11-15)28-21(22(16)26)10-14-3-1-2-4-19(14)25/h1-11H,12H2. The van der Waals surface area contributed by atoms with Crippen LogP contribution in [0.1, 0.15) is 21.5 Å². The minimum Gasteiger partial charge on any atom is -0.489 e. The minimum atomic E-state index is -0.423. The van der Waals surface area contributed by atoms with Crippen LogP contribution in [0.25, 0.3) is 6.08 Å². The SMILES string of the molecule is O=C1C(=Cc2ccccc2F)Oc2cc(OCc3ccc(Cl)c(Cl)c3)ccc21. The first kappa shape index (κ1) is 18.5. The minimum absolute atomic E-state index is 0.0710. The van der Waals surface area contributed by atoms with E-state index >= 15 is 0 Å². The number of benzene rings is 3. The van der Waals surface area contributed by atoms with E-state index in [1.807, 2.05) is 6.07 Å². The normalized spacial score (nSPS) is 14.1. The van der Waals surface area contributed by atoms with Gasteiger partial charge in [0.1, 0.15) is 23.9 Å². The molecule has 0 spiro atoms. The lowest BCUT2D eigenvalue weighted by molar-refractivity contribution is 0.101. The van der Waals surface area contributed by atoms with Crippen LogP contribution in [0.4, 0.5) is 4.39 Å². The van der Waals surface area contributed by atoms with E-state index in [-0.39, 0.29) is 23.7 Å². The first-order valence-corrected chi connectivity index (χ1v) is 9.16. The van der Waals surface area contributed by atoms with Gasteiger partial charge in [-0.05, 0) is 42.0 Å². The Morgan fingerprint density at radius 1 is 1.00 bits per heavy atom. The summed E-state index contributed by atoms with van der Waals surface area (Å²) in [5.41, 5.74) is 1.55. The van der Waals surface area contributed by atoms with Crippen molar-refractivity contribution in [1.29, 1.82) is 0 Å². The molecule has 0 atom stereocenters. The fourth-order valence-electron chi connectivity index (χ4n) is 2.79. The van der Waals surface area contributed by atoms with E-state index in [0.29, 0.717) is 27.1 Å². The van der Waals surface area contributed by atoms with Gasteiger partial charge in [-0.2, -0.15) is 0 Å². The highest BCUT2D eigenvalue weighted by Crippen LogP contribution is 2.35. The highest BCUT2D eigenvalue weighted by Gasteiger charge is 2.28. The lowest BCUT2D eigenvalue weighted by Gasteiger charge is -2.08. The number of ether oxygens (including phenoxy) is 2. The molecule has 0 radical (unpaired) electrons. The van der Waals surface area contributed by atoms with Gasteiger partial charge in [-0.15, -0.1) is 0 Å². The fourth-order valence-corrected chi connectivity index (χ4v) is 3.11. The van der Waals surface area contributed by atoms with Gasteiger partial charge in [0.2, 0.25) is 5.78 Å². The maximum absolute atomic E-state index is 13.8. The van der Waals surface area contributed by atoms with Crippen molar-refractivity contribution in [2.45, 2.75) is 6.61 Å². The third-order valence-electron chi connectivity index (χ3n) is 4.22. The topological polar surface area (TPSA) is 35.5 Å². The summed E-state index contributed by atoms with van der Waals surface area (Å²) in [5, 5.41) is 0.928. The highest BCUT2D eigenvalue weighted by atomic mass is 35.5. The van der Waals surface area contributed by atoms with Gasteiger partial charge in [0, 0.05) is 11.6 Å². The van der Waals surface area contributed by atoms with E-state index < -0.39 is 5.82 Å². The molecule has 0 N–H and O–H groups in total. The van der Waals surface area contributed by atoms with Crippen LogP contribution in [-0.2, 0) is 6.61 Å². The van der Waals surface area contributed by atoms with E-state index in [0.717, 1.165) is 5.56 Å². The largest absolute Gasteiger partial charge is 0.489 e. The highest BCUT2D eigenvalue weighted by molar-refractivity contribution is 6.42. The number of hydrogen-bond donors (Lipinski definition) is 0. The zero-order chi connectivity index (χ0) is 19.7. The summed E-state index contributed by atoms with van der Waals surface area (Å²) in [5.74, 6) is 0.257. The Hall–Kier alpha value is -2.82. The number of allylic oxidation sites excluding steroid dienone is 1. The van der Waals surface area contributed by atoms with E-state index in [4.69, 9.17) is 32.7 Å². The molecule has 3 nitrogen and oxygen atoms in total. The van der Waals surface area contributed by atoms with Crippen molar-refractivity contribution in [1.82, 2.24) is 0 Å². The molecule has 0 fully saturated rings. The predicted molar refractivity (Wildman–Crippen MR) is 107 cm³/mol. The predicted octanol–water partition coefficient (Wildman–Crippen LogP) is 6.33. The molecule has 3 aromatic carbocycles. The summed E-state index contributed by atoms with van der Waals surface area (Å²) in [7, 11) is 0. The van der Waals surface area contributed by atoms with Gasteiger partial charge in [0.25, 0.3) is 0 Å². The summed E-state index contributed by atoms with van der Waals surface area (Å²) >= 11 is 11.9. The second-order valence-corrected chi connectivity index (χ2v) is 6.97. The Morgan fingerprint density at radius 3 is 2.61 bits per heavy atom. The molecule has 0 amide bonds. The van der Waals surface area contributed by atoms with Gasteiger partial charge in [-0.1, -0.05) is 47.5 Å². The number of halogens is 3. The van der Waals surface area contributed by atoms with Crippen molar-refractivity contribution in [3.63, 3.8) is 0 Å². The number of ketones is 1. The first-order chi connectivity index (χ1) is 13.5. The van der Waals surface area contributed by atoms with Crippen molar-refractivity contribution in [2.24, 2.45) is 0 Å². The zero-order valence-electron chi connectivity index (χ0n) is 14.4. The molecule has 0 saturated carbocycles. The Bertz CT molecular complexity index is 1110.